The van der Waals surface area contributed by atoms with Gasteiger partial charge in [-0.25, -0.2) is 9.59 Å². The van der Waals surface area contributed by atoms with E-state index in [9.17, 15) is 14.4 Å². The molecule has 108 valence electrons. The van der Waals surface area contributed by atoms with Gasteiger partial charge in [-0.2, -0.15) is 11.8 Å². The Morgan fingerprint density at radius 2 is 2.21 bits per heavy atom. The molecule has 0 bridgehead atoms. The van der Waals surface area contributed by atoms with E-state index in [2.05, 4.69) is 5.32 Å². The Balaban J connectivity index is 2.49. The molecule has 1 aliphatic rings. The van der Waals surface area contributed by atoms with Crippen molar-refractivity contribution in [3.8, 4) is 0 Å². The zero-order valence-corrected chi connectivity index (χ0v) is 11.6. The number of nitrogens with zero attached hydrogens (tertiary/aromatic N) is 1. The molecule has 19 heavy (non-hydrogen) atoms. The Morgan fingerprint density at radius 1 is 1.53 bits per heavy atom. The number of thioether (sulfide) groups is 1. The number of urea groups is 1. The second-order valence-electron chi connectivity index (χ2n) is 4.46. The molecule has 7 nitrogen and oxygen atoms in total. The van der Waals surface area contributed by atoms with Crippen LogP contribution in [0, 0.1) is 5.92 Å². The van der Waals surface area contributed by atoms with Crippen LogP contribution in [0.2, 0.25) is 0 Å². The number of carboxylic acid groups (broad SMARTS) is 1. The molecule has 0 aliphatic carbocycles. The highest BCUT2D eigenvalue weighted by atomic mass is 32.2. The van der Waals surface area contributed by atoms with Crippen molar-refractivity contribution in [2.24, 2.45) is 11.7 Å². The van der Waals surface area contributed by atoms with Gasteiger partial charge in [0.15, 0.2) is 0 Å². The van der Waals surface area contributed by atoms with E-state index in [0.717, 1.165) is 0 Å². The molecule has 1 rings (SSSR count). The van der Waals surface area contributed by atoms with Crippen LogP contribution < -0.4 is 11.1 Å². The Labute approximate surface area is 115 Å². The minimum absolute atomic E-state index is 0.260. The van der Waals surface area contributed by atoms with Crippen molar-refractivity contribution in [3.05, 3.63) is 0 Å². The van der Waals surface area contributed by atoms with Crippen LogP contribution in [-0.4, -0.2) is 59.1 Å². The average molecular weight is 289 g/mol. The smallest absolute Gasteiger partial charge is 0.326 e. The number of carbonyl (C=O) groups is 3. The minimum Gasteiger partial charge on any atom is -0.480 e. The van der Waals surface area contributed by atoms with Crippen molar-refractivity contribution in [1.82, 2.24) is 10.2 Å². The number of rotatable bonds is 6. The van der Waals surface area contributed by atoms with E-state index in [4.69, 9.17) is 10.8 Å². The van der Waals surface area contributed by atoms with Crippen LogP contribution in [-0.2, 0) is 9.59 Å². The third-order valence-electron chi connectivity index (χ3n) is 3.08. The molecule has 0 aromatic rings. The summed E-state index contributed by atoms with van der Waals surface area (Å²) in [5, 5.41) is 11.5. The van der Waals surface area contributed by atoms with Crippen molar-refractivity contribution in [1.29, 1.82) is 0 Å². The Hall–Kier alpha value is -1.44. The van der Waals surface area contributed by atoms with E-state index in [1.165, 1.54) is 16.7 Å². The van der Waals surface area contributed by atoms with Crippen LogP contribution in [0.15, 0.2) is 0 Å². The van der Waals surface area contributed by atoms with Gasteiger partial charge in [0.25, 0.3) is 0 Å². The number of nitrogens with two attached hydrogens (primary N) is 1. The summed E-state index contributed by atoms with van der Waals surface area (Å²) < 4.78 is 0. The van der Waals surface area contributed by atoms with Gasteiger partial charge in [-0.3, -0.25) is 4.79 Å². The number of likely N-dealkylation sites (tertiary alicyclic amines) is 1. The molecule has 0 spiro atoms. The summed E-state index contributed by atoms with van der Waals surface area (Å²) in [5.74, 6) is -1.15. The third-order valence-corrected chi connectivity index (χ3v) is 3.73. The Morgan fingerprint density at radius 3 is 2.68 bits per heavy atom. The maximum atomic E-state index is 11.9. The lowest BCUT2D eigenvalue weighted by molar-refractivity contribution is -0.139. The van der Waals surface area contributed by atoms with E-state index in [0.29, 0.717) is 25.1 Å². The number of carbonyl (C=O) groups excluding carboxylic acids is 2. The summed E-state index contributed by atoms with van der Waals surface area (Å²) in [5.41, 5.74) is 5.18. The lowest BCUT2D eigenvalue weighted by atomic mass is 10.1. The molecule has 0 aromatic carbocycles. The zero-order chi connectivity index (χ0) is 14.4. The van der Waals surface area contributed by atoms with Crippen molar-refractivity contribution >= 4 is 29.7 Å². The molecule has 1 saturated heterocycles. The molecular weight excluding hydrogens is 270 g/mol. The minimum atomic E-state index is -1.05. The van der Waals surface area contributed by atoms with E-state index in [1.54, 1.807) is 0 Å². The standard InChI is InChI=1S/C11H19N3O4S/c1-19-5-3-8(10(16)17)13-11(18)14-4-2-7(6-14)9(12)15/h7-8H,2-6H2,1H3,(H2,12,15)(H,13,18)(H,16,17)/t7?,8-/m0/s1. The summed E-state index contributed by atoms with van der Waals surface area (Å²) >= 11 is 1.52. The van der Waals surface area contributed by atoms with Gasteiger partial charge in [-0.15, -0.1) is 0 Å². The number of carboxylic acids is 1. The van der Waals surface area contributed by atoms with Crippen LogP contribution >= 0.6 is 11.8 Å². The maximum absolute atomic E-state index is 11.9. The van der Waals surface area contributed by atoms with Crippen LogP contribution in [0.5, 0.6) is 0 Å². The molecule has 1 unspecified atom stereocenters. The zero-order valence-electron chi connectivity index (χ0n) is 10.8. The fourth-order valence-corrected chi connectivity index (χ4v) is 2.38. The fourth-order valence-electron chi connectivity index (χ4n) is 1.91. The first-order chi connectivity index (χ1) is 8.95. The van der Waals surface area contributed by atoms with Crippen LogP contribution in [0.4, 0.5) is 4.79 Å². The first-order valence-electron chi connectivity index (χ1n) is 6.02. The normalized spacial score (nSPS) is 20.1. The lowest BCUT2D eigenvalue weighted by Gasteiger charge is -2.20. The van der Waals surface area contributed by atoms with E-state index in [1.807, 2.05) is 6.26 Å². The molecular formula is C11H19N3O4S. The van der Waals surface area contributed by atoms with Gasteiger partial charge in [-0.1, -0.05) is 0 Å². The maximum Gasteiger partial charge on any atom is 0.326 e. The Bertz CT molecular complexity index is 364. The van der Waals surface area contributed by atoms with E-state index in [-0.39, 0.29) is 12.5 Å². The lowest BCUT2D eigenvalue weighted by Crippen LogP contribution is -2.47. The third kappa shape index (κ3) is 4.62. The quantitative estimate of drug-likeness (QED) is 0.622. The van der Waals surface area contributed by atoms with Crippen molar-refractivity contribution in [3.63, 3.8) is 0 Å². The van der Waals surface area contributed by atoms with Gasteiger partial charge < -0.3 is 21.1 Å². The molecule has 2 atom stereocenters. The largest absolute Gasteiger partial charge is 0.480 e. The SMILES string of the molecule is CSCC[C@H](NC(=O)N1CCC(C(N)=O)C1)C(=O)O. The monoisotopic (exact) mass is 289 g/mol. The average Bonchev–Trinajstić information content (AvgIpc) is 2.83. The summed E-state index contributed by atoms with van der Waals surface area (Å²) in [6.07, 6.45) is 2.78. The number of primary amides is 1. The van der Waals surface area contributed by atoms with Gasteiger partial charge in [0.1, 0.15) is 6.04 Å². The Kier molecular flexibility index (Phi) is 5.94. The second-order valence-corrected chi connectivity index (χ2v) is 5.44. The number of hydrogen-bond acceptors (Lipinski definition) is 4. The molecule has 0 saturated carbocycles. The fraction of sp³-hybridized carbons (Fsp3) is 0.727. The number of hydrogen-bond donors (Lipinski definition) is 3. The first kappa shape index (κ1) is 15.6. The van der Waals surface area contributed by atoms with Crippen molar-refractivity contribution < 1.29 is 19.5 Å². The van der Waals surface area contributed by atoms with Gasteiger partial charge in [0.2, 0.25) is 5.91 Å². The molecule has 0 radical (unpaired) electrons. The molecule has 3 amide bonds. The molecule has 1 fully saturated rings. The number of nitrogens with one attached hydrogen (secondary N) is 1. The highest BCUT2D eigenvalue weighted by Gasteiger charge is 2.31. The van der Waals surface area contributed by atoms with Gasteiger partial charge in [0, 0.05) is 13.1 Å². The predicted octanol–water partition coefficient (Wildman–Crippen LogP) is -0.290. The van der Waals surface area contributed by atoms with Crippen molar-refractivity contribution in [2.75, 3.05) is 25.1 Å². The van der Waals surface area contributed by atoms with Gasteiger partial charge in [0.05, 0.1) is 5.92 Å². The predicted molar refractivity (Wildman–Crippen MR) is 71.8 cm³/mol. The van der Waals surface area contributed by atoms with Crippen molar-refractivity contribution in [2.45, 2.75) is 18.9 Å². The molecule has 8 heteroatoms. The molecule has 1 aliphatic heterocycles. The van der Waals surface area contributed by atoms with Gasteiger partial charge in [-0.05, 0) is 24.9 Å². The van der Waals surface area contributed by atoms with E-state index < -0.39 is 23.9 Å². The van der Waals surface area contributed by atoms with Gasteiger partial charge >= 0.3 is 12.0 Å². The van der Waals surface area contributed by atoms with E-state index >= 15 is 0 Å². The highest BCUT2D eigenvalue weighted by molar-refractivity contribution is 7.98. The van der Waals surface area contributed by atoms with Crippen LogP contribution in [0.25, 0.3) is 0 Å². The summed E-state index contributed by atoms with van der Waals surface area (Å²) in [6.45, 7) is 0.685. The summed E-state index contributed by atoms with van der Waals surface area (Å²) in [6, 6.07) is -1.34. The summed E-state index contributed by atoms with van der Waals surface area (Å²) in [4.78, 5) is 35.3. The molecule has 4 N–H and O–H groups in total. The topological polar surface area (TPSA) is 113 Å². The van der Waals surface area contributed by atoms with Crippen LogP contribution in [0.1, 0.15) is 12.8 Å². The molecule has 0 aromatic heterocycles. The summed E-state index contributed by atoms with van der Waals surface area (Å²) in [7, 11) is 0. The highest BCUT2D eigenvalue weighted by Crippen LogP contribution is 2.15. The van der Waals surface area contributed by atoms with Crippen LogP contribution in [0.3, 0.4) is 0 Å². The second kappa shape index (κ2) is 7.22. The first-order valence-corrected chi connectivity index (χ1v) is 7.41. The molecule has 1 heterocycles. The number of amides is 3. The number of aliphatic carboxylic acids is 1.